The third kappa shape index (κ3) is 3.34. The number of hydrogen-bond acceptors (Lipinski definition) is 1. The molecule has 0 aromatic rings. The molecule has 94 valence electrons. The molecule has 0 aromatic heterocycles. The van der Waals surface area contributed by atoms with Gasteiger partial charge < -0.3 is 9.59 Å². The molecule has 0 heterocycles. The van der Waals surface area contributed by atoms with Crippen molar-refractivity contribution in [1.82, 2.24) is 0 Å². The summed E-state index contributed by atoms with van der Waals surface area (Å²) in [5, 5.41) is 9.53. The first-order chi connectivity index (χ1) is 7.31. The number of quaternary nitrogens is 1. The highest BCUT2D eigenvalue weighted by atomic mass is 16.4. The lowest BCUT2D eigenvalue weighted by Crippen LogP contribution is -2.61. The summed E-state index contributed by atoms with van der Waals surface area (Å²) < 4.78 is 0.443. The number of hydrogen-bond donors (Lipinski definition) is 1. The van der Waals surface area contributed by atoms with E-state index in [1.165, 1.54) is 0 Å². The first kappa shape index (κ1) is 15.2. The summed E-state index contributed by atoms with van der Waals surface area (Å²) in [4.78, 5) is 11.6. The molecule has 0 bridgehead atoms. The number of likely N-dealkylation sites (N-methyl/N-ethyl adjacent to an activating group) is 1. The van der Waals surface area contributed by atoms with Gasteiger partial charge in [0, 0.05) is 12.8 Å². The van der Waals surface area contributed by atoms with E-state index in [4.69, 9.17) is 0 Å². The topological polar surface area (TPSA) is 37.3 Å². The summed E-state index contributed by atoms with van der Waals surface area (Å²) in [5.74, 6) is -0.712. The van der Waals surface area contributed by atoms with E-state index in [2.05, 4.69) is 13.5 Å². The molecule has 0 saturated heterocycles. The molecular weight excluding hydrogens is 202 g/mol. The summed E-state index contributed by atoms with van der Waals surface area (Å²) in [5.41, 5.74) is -0.725. The summed E-state index contributed by atoms with van der Waals surface area (Å²) >= 11 is 0. The normalized spacial score (nSPS) is 15.5. The Balaban J connectivity index is 4.95. The maximum atomic E-state index is 11.6. The zero-order valence-electron chi connectivity index (χ0n) is 11.1. The minimum Gasteiger partial charge on any atom is -0.477 e. The van der Waals surface area contributed by atoms with Gasteiger partial charge in [-0.05, 0) is 6.42 Å². The molecule has 3 nitrogen and oxygen atoms in total. The highest BCUT2D eigenvalue weighted by molar-refractivity contribution is 5.77. The van der Waals surface area contributed by atoms with Gasteiger partial charge in [0.1, 0.15) is 0 Å². The van der Waals surface area contributed by atoms with E-state index < -0.39 is 11.5 Å². The summed E-state index contributed by atoms with van der Waals surface area (Å²) in [6.07, 6.45) is 6.13. The van der Waals surface area contributed by atoms with Crippen LogP contribution in [-0.2, 0) is 4.79 Å². The Morgan fingerprint density at radius 2 is 1.94 bits per heavy atom. The Hall–Kier alpha value is -0.830. The number of nitrogens with zero attached hydrogens (tertiary/aromatic N) is 1. The second kappa shape index (κ2) is 6.04. The van der Waals surface area contributed by atoms with Gasteiger partial charge in [0.25, 0.3) is 0 Å². The van der Waals surface area contributed by atoms with Crippen molar-refractivity contribution in [2.75, 3.05) is 21.1 Å². The number of carboxylic acid groups (broad SMARTS) is 1. The molecule has 0 saturated carbocycles. The van der Waals surface area contributed by atoms with Crippen LogP contribution in [0.4, 0.5) is 0 Å². The number of aliphatic carboxylic acids is 1. The van der Waals surface area contributed by atoms with Crippen LogP contribution in [0.5, 0.6) is 0 Å². The molecule has 0 radical (unpaired) electrons. The molecule has 0 amide bonds. The monoisotopic (exact) mass is 228 g/mol. The third-order valence-corrected chi connectivity index (χ3v) is 3.36. The molecule has 1 unspecified atom stereocenters. The lowest BCUT2D eigenvalue weighted by Gasteiger charge is -2.42. The summed E-state index contributed by atoms with van der Waals surface area (Å²) in [6, 6.07) is 0. The molecule has 0 rings (SSSR count). The van der Waals surface area contributed by atoms with Gasteiger partial charge in [-0.3, -0.25) is 0 Å². The Morgan fingerprint density at radius 3 is 2.25 bits per heavy atom. The van der Waals surface area contributed by atoms with E-state index >= 15 is 0 Å². The van der Waals surface area contributed by atoms with Crippen LogP contribution in [0.1, 0.15) is 39.0 Å². The Labute approximate surface area is 99.4 Å². The molecule has 1 N–H and O–H groups in total. The zero-order valence-corrected chi connectivity index (χ0v) is 11.1. The molecule has 0 spiro atoms. The highest BCUT2D eigenvalue weighted by Crippen LogP contribution is 2.30. The molecular formula is C13H26NO2+. The zero-order chi connectivity index (χ0) is 12.8. The maximum Gasteiger partial charge on any atom is 0.366 e. The van der Waals surface area contributed by atoms with Crippen LogP contribution in [0.3, 0.4) is 0 Å². The lowest BCUT2D eigenvalue weighted by molar-refractivity contribution is -0.914. The van der Waals surface area contributed by atoms with Gasteiger partial charge in [0.05, 0.1) is 21.1 Å². The standard InChI is InChI=1S/C13H25NO2/c1-6-8-9-11-13(10-7-2,12(15)16)14(3,4)5/h7H,2,6,8-11H2,1,3-5H3/p+1. The van der Waals surface area contributed by atoms with Gasteiger partial charge in [-0.2, -0.15) is 0 Å². The van der Waals surface area contributed by atoms with Crippen molar-refractivity contribution in [3.63, 3.8) is 0 Å². The SMILES string of the molecule is C=CCC(CCCCC)(C(=O)O)[N+](C)(C)C. The van der Waals surface area contributed by atoms with Crippen LogP contribution in [0.2, 0.25) is 0 Å². The van der Waals surface area contributed by atoms with Gasteiger partial charge >= 0.3 is 5.97 Å². The van der Waals surface area contributed by atoms with E-state index in [0.29, 0.717) is 17.3 Å². The third-order valence-electron chi connectivity index (χ3n) is 3.36. The molecule has 0 aliphatic heterocycles. The van der Waals surface area contributed by atoms with Crippen molar-refractivity contribution < 1.29 is 14.4 Å². The molecule has 16 heavy (non-hydrogen) atoms. The lowest BCUT2D eigenvalue weighted by atomic mass is 9.85. The largest absolute Gasteiger partial charge is 0.477 e. The van der Waals surface area contributed by atoms with Crippen LogP contribution in [-0.4, -0.2) is 42.2 Å². The van der Waals surface area contributed by atoms with Gasteiger partial charge in [0.15, 0.2) is 5.54 Å². The van der Waals surface area contributed by atoms with Crippen LogP contribution in [0.25, 0.3) is 0 Å². The van der Waals surface area contributed by atoms with Gasteiger partial charge in [-0.1, -0.05) is 25.8 Å². The minimum atomic E-state index is -0.725. The highest BCUT2D eigenvalue weighted by Gasteiger charge is 2.48. The first-order valence-electron chi connectivity index (χ1n) is 5.97. The van der Waals surface area contributed by atoms with E-state index in [0.717, 1.165) is 19.3 Å². The fraction of sp³-hybridized carbons (Fsp3) is 0.769. The first-order valence-corrected chi connectivity index (χ1v) is 5.97. The minimum absolute atomic E-state index is 0.443. The second-order valence-electron chi connectivity index (χ2n) is 5.30. The molecule has 0 fully saturated rings. The van der Waals surface area contributed by atoms with E-state index in [1.807, 2.05) is 21.1 Å². The maximum absolute atomic E-state index is 11.6. The van der Waals surface area contributed by atoms with Crippen LogP contribution < -0.4 is 0 Å². The number of unbranched alkanes of at least 4 members (excludes halogenated alkanes) is 2. The van der Waals surface area contributed by atoms with Crippen molar-refractivity contribution in [3.8, 4) is 0 Å². The van der Waals surface area contributed by atoms with Crippen LogP contribution >= 0.6 is 0 Å². The van der Waals surface area contributed by atoms with Gasteiger partial charge in [-0.25, -0.2) is 4.79 Å². The van der Waals surface area contributed by atoms with E-state index in [1.54, 1.807) is 6.08 Å². The predicted molar refractivity (Wildman–Crippen MR) is 67.4 cm³/mol. The Bertz CT molecular complexity index is 243. The Kier molecular flexibility index (Phi) is 5.73. The van der Waals surface area contributed by atoms with Gasteiger partial charge in [0.2, 0.25) is 0 Å². The molecule has 0 aromatic carbocycles. The van der Waals surface area contributed by atoms with Crippen molar-refractivity contribution in [1.29, 1.82) is 0 Å². The quantitative estimate of drug-likeness (QED) is 0.394. The molecule has 0 aliphatic carbocycles. The molecule has 1 atom stereocenters. The van der Waals surface area contributed by atoms with Crippen LogP contribution in [0.15, 0.2) is 12.7 Å². The van der Waals surface area contributed by atoms with Crippen molar-refractivity contribution in [3.05, 3.63) is 12.7 Å². The molecule has 3 heteroatoms. The predicted octanol–water partition coefficient (Wildman–Crippen LogP) is 2.67. The van der Waals surface area contributed by atoms with Crippen LogP contribution in [0, 0.1) is 0 Å². The molecule has 0 aliphatic rings. The Morgan fingerprint density at radius 1 is 1.38 bits per heavy atom. The second-order valence-corrected chi connectivity index (χ2v) is 5.30. The van der Waals surface area contributed by atoms with Gasteiger partial charge in [-0.15, -0.1) is 6.58 Å². The van der Waals surface area contributed by atoms with Crippen molar-refractivity contribution in [2.24, 2.45) is 0 Å². The number of rotatable bonds is 8. The fourth-order valence-electron chi connectivity index (χ4n) is 2.10. The van der Waals surface area contributed by atoms with Crippen molar-refractivity contribution >= 4 is 5.97 Å². The van der Waals surface area contributed by atoms with E-state index in [9.17, 15) is 9.90 Å². The summed E-state index contributed by atoms with van der Waals surface area (Å²) in [7, 11) is 5.84. The van der Waals surface area contributed by atoms with E-state index in [-0.39, 0.29) is 0 Å². The summed E-state index contributed by atoms with van der Waals surface area (Å²) in [6.45, 7) is 5.82. The average Bonchev–Trinajstić information content (AvgIpc) is 2.14. The van der Waals surface area contributed by atoms with Crippen molar-refractivity contribution in [2.45, 2.75) is 44.6 Å². The number of carboxylic acids is 1. The number of carbonyl (C=O) groups is 1. The smallest absolute Gasteiger partial charge is 0.366 e. The fourth-order valence-corrected chi connectivity index (χ4v) is 2.10. The average molecular weight is 228 g/mol.